The molecule has 4 aromatic rings. The van der Waals surface area contributed by atoms with E-state index in [2.05, 4.69) is 65.8 Å². The summed E-state index contributed by atoms with van der Waals surface area (Å²) in [5.41, 5.74) is 7.04. The third kappa shape index (κ3) is 3.66. The minimum atomic E-state index is 0.381. The van der Waals surface area contributed by atoms with E-state index in [1.165, 1.54) is 16.7 Å². The lowest BCUT2D eigenvalue weighted by atomic mass is 10.0. The Balaban J connectivity index is 1.43. The first kappa shape index (κ1) is 18.8. The fourth-order valence-electron chi connectivity index (χ4n) is 4.04. The first-order valence-electron chi connectivity index (χ1n) is 10.5. The number of nitrogens with zero attached hydrogens (tertiary/aromatic N) is 5. The molecule has 2 aromatic carbocycles. The molecule has 1 N–H and O–H groups in total. The average Bonchev–Trinajstić information content (AvgIpc) is 3.41. The van der Waals surface area contributed by atoms with Crippen LogP contribution in [0.5, 0.6) is 0 Å². The summed E-state index contributed by atoms with van der Waals surface area (Å²) in [4.78, 5) is 4.33. The molecule has 1 aliphatic heterocycles. The van der Waals surface area contributed by atoms with Crippen molar-refractivity contribution >= 4 is 0 Å². The molecule has 30 heavy (non-hydrogen) atoms. The fourth-order valence-corrected chi connectivity index (χ4v) is 4.04. The van der Waals surface area contributed by atoms with E-state index in [9.17, 15) is 0 Å². The number of aryl methyl sites for hydroxylation is 3. The lowest BCUT2D eigenvalue weighted by Crippen LogP contribution is -2.37. The standard InChI is InChI=1S/C24H26N6/c1-17-8-9-19(12-18(17)2)24-20(14-29(28-24)22-6-4-3-5-7-22)13-25-21-10-11-23-26-16-27-30(23)15-21/h3-9,12,14,16,21,25H,10-11,13,15H2,1-2H3. The zero-order chi connectivity index (χ0) is 20.5. The van der Waals surface area contributed by atoms with Crippen molar-refractivity contribution in [1.82, 2.24) is 29.9 Å². The number of rotatable bonds is 5. The second kappa shape index (κ2) is 7.88. The molecule has 5 rings (SSSR count). The van der Waals surface area contributed by atoms with Crippen molar-refractivity contribution in [3.63, 3.8) is 0 Å². The molecule has 1 unspecified atom stereocenters. The number of fused-ring (bicyclic) bond motifs is 1. The fraction of sp³-hybridized carbons (Fsp3) is 0.292. The average molecular weight is 399 g/mol. The van der Waals surface area contributed by atoms with E-state index >= 15 is 0 Å². The summed E-state index contributed by atoms with van der Waals surface area (Å²) in [6.45, 7) is 5.93. The maximum Gasteiger partial charge on any atom is 0.138 e. The Morgan fingerprint density at radius 2 is 1.93 bits per heavy atom. The third-order valence-corrected chi connectivity index (χ3v) is 5.98. The van der Waals surface area contributed by atoms with Crippen LogP contribution in [0.2, 0.25) is 0 Å². The first-order valence-corrected chi connectivity index (χ1v) is 10.5. The quantitative estimate of drug-likeness (QED) is 0.555. The van der Waals surface area contributed by atoms with Gasteiger partial charge in [0.1, 0.15) is 12.2 Å². The summed E-state index contributed by atoms with van der Waals surface area (Å²) in [6, 6.07) is 17.3. The summed E-state index contributed by atoms with van der Waals surface area (Å²) in [5, 5.41) is 13.0. The highest BCUT2D eigenvalue weighted by Gasteiger charge is 2.20. The molecular weight excluding hydrogens is 372 g/mol. The molecule has 0 bridgehead atoms. The monoisotopic (exact) mass is 398 g/mol. The summed E-state index contributed by atoms with van der Waals surface area (Å²) < 4.78 is 4.00. The number of aromatic nitrogens is 5. The summed E-state index contributed by atoms with van der Waals surface area (Å²) >= 11 is 0. The van der Waals surface area contributed by atoms with Gasteiger partial charge in [-0.1, -0.05) is 30.3 Å². The van der Waals surface area contributed by atoms with Gasteiger partial charge < -0.3 is 5.32 Å². The number of hydrogen-bond acceptors (Lipinski definition) is 4. The Hall–Kier alpha value is -3.25. The maximum atomic E-state index is 4.96. The van der Waals surface area contributed by atoms with Crippen molar-refractivity contribution in [2.24, 2.45) is 0 Å². The van der Waals surface area contributed by atoms with Crippen LogP contribution < -0.4 is 5.32 Å². The second-order valence-corrected chi connectivity index (χ2v) is 8.06. The molecule has 0 aliphatic carbocycles. The van der Waals surface area contributed by atoms with Crippen molar-refractivity contribution in [3.8, 4) is 16.9 Å². The van der Waals surface area contributed by atoms with E-state index in [1.807, 2.05) is 27.6 Å². The van der Waals surface area contributed by atoms with Crippen LogP contribution >= 0.6 is 0 Å². The summed E-state index contributed by atoms with van der Waals surface area (Å²) in [5.74, 6) is 1.08. The Morgan fingerprint density at radius 1 is 1.07 bits per heavy atom. The molecule has 0 radical (unpaired) electrons. The predicted molar refractivity (Wildman–Crippen MR) is 117 cm³/mol. The molecule has 0 amide bonds. The van der Waals surface area contributed by atoms with Crippen molar-refractivity contribution in [2.45, 2.75) is 45.8 Å². The van der Waals surface area contributed by atoms with Gasteiger partial charge in [0.25, 0.3) is 0 Å². The van der Waals surface area contributed by atoms with Crippen molar-refractivity contribution in [3.05, 3.63) is 83.6 Å². The topological polar surface area (TPSA) is 60.6 Å². The molecule has 1 aliphatic rings. The molecule has 3 heterocycles. The minimum Gasteiger partial charge on any atom is -0.308 e. The highest BCUT2D eigenvalue weighted by molar-refractivity contribution is 5.64. The van der Waals surface area contributed by atoms with Crippen LogP contribution in [0.1, 0.15) is 28.9 Å². The highest BCUT2D eigenvalue weighted by Crippen LogP contribution is 2.26. The zero-order valence-corrected chi connectivity index (χ0v) is 17.4. The SMILES string of the molecule is Cc1ccc(-c2nn(-c3ccccc3)cc2CNC2CCc3ncnn3C2)cc1C. The number of hydrogen-bond donors (Lipinski definition) is 1. The van der Waals surface area contributed by atoms with Gasteiger partial charge in [-0.25, -0.2) is 14.3 Å². The maximum absolute atomic E-state index is 4.96. The van der Waals surface area contributed by atoms with Crippen molar-refractivity contribution < 1.29 is 0 Å². The second-order valence-electron chi connectivity index (χ2n) is 8.06. The van der Waals surface area contributed by atoms with E-state index in [-0.39, 0.29) is 0 Å². The van der Waals surface area contributed by atoms with E-state index < -0.39 is 0 Å². The molecule has 1 atom stereocenters. The van der Waals surface area contributed by atoms with E-state index in [1.54, 1.807) is 6.33 Å². The molecule has 152 valence electrons. The third-order valence-electron chi connectivity index (χ3n) is 5.98. The molecule has 6 nitrogen and oxygen atoms in total. The van der Waals surface area contributed by atoms with Crippen LogP contribution in [0.25, 0.3) is 16.9 Å². The van der Waals surface area contributed by atoms with Gasteiger partial charge in [-0.15, -0.1) is 0 Å². The van der Waals surface area contributed by atoms with Crippen molar-refractivity contribution in [2.75, 3.05) is 0 Å². The highest BCUT2D eigenvalue weighted by atomic mass is 15.3. The van der Waals surface area contributed by atoms with E-state index in [4.69, 9.17) is 5.10 Å². The normalized spacial score (nSPS) is 15.9. The molecule has 0 saturated carbocycles. The van der Waals surface area contributed by atoms with Gasteiger partial charge in [0, 0.05) is 36.3 Å². The van der Waals surface area contributed by atoms with Gasteiger partial charge in [0.15, 0.2) is 0 Å². The molecule has 0 saturated heterocycles. The van der Waals surface area contributed by atoms with Gasteiger partial charge >= 0.3 is 0 Å². The Kier molecular flexibility index (Phi) is 4.93. The number of benzene rings is 2. The lowest BCUT2D eigenvalue weighted by molar-refractivity contribution is 0.358. The number of nitrogens with one attached hydrogen (secondary N) is 1. The lowest BCUT2D eigenvalue weighted by Gasteiger charge is -2.23. The van der Waals surface area contributed by atoms with Gasteiger partial charge in [-0.05, 0) is 49.6 Å². The van der Waals surface area contributed by atoms with Crippen LogP contribution in [0.4, 0.5) is 0 Å². The van der Waals surface area contributed by atoms with Gasteiger partial charge in [0.2, 0.25) is 0 Å². The Bertz CT molecular complexity index is 1160. The van der Waals surface area contributed by atoms with Gasteiger partial charge in [0.05, 0.1) is 17.9 Å². The van der Waals surface area contributed by atoms with Gasteiger partial charge in [-0.2, -0.15) is 10.2 Å². The van der Waals surface area contributed by atoms with Crippen LogP contribution in [-0.4, -0.2) is 30.6 Å². The van der Waals surface area contributed by atoms with Gasteiger partial charge in [-0.3, -0.25) is 0 Å². The Morgan fingerprint density at radius 3 is 2.77 bits per heavy atom. The van der Waals surface area contributed by atoms with E-state index in [0.29, 0.717) is 6.04 Å². The molecule has 6 heteroatoms. The van der Waals surface area contributed by atoms with Crippen LogP contribution in [0.3, 0.4) is 0 Å². The molecular formula is C24H26N6. The summed E-state index contributed by atoms with van der Waals surface area (Å²) in [6.07, 6.45) is 5.84. The zero-order valence-electron chi connectivity index (χ0n) is 17.4. The minimum absolute atomic E-state index is 0.381. The van der Waals surface area contributed by atoms with Crippen LogP contribution in [0, 0.1) is 13.8 Å². The van der Waals surface area contributed by atoms with Crippen molar-refractivity contribution in [1.29, 1.82) is 0 Å². The largest absolute Gasteiger partial charge is 0.308 e. The molecule has 2 aromatic heterocycles. The smallest absolute Gasteiger partial charge is 0.138 e. The number of para-hydroxylation sites is 1. The predicted octanol–water partition coefficient (Wildman–Crippen LogP) is 3.85. The first-order chi connectivity index (χ1) is 14.7. The molecule has 0 spiro atoms. The van der Waals surface area contributed by atoms with Crippen LogP contribution in [0.15, 0.2) is 61.1 Å². The summed E-state index contributed by atoms with van der Waals surface area (Å²) in [7, 11) is 0. The van der Waals surface area contributed by atoms with E-state index in [0.717, 1.165) is 48.7 Å². The Labute approximate surface area is 176 Å². The molecule has 0 fully saturated rings. The van der Waals surface area contributed by atoms with Crippen LogP contribution in [-0.2, 0) is 19.5 Å².